The number of piperidine rings is 1. The minimum Gasteiger partial charge on any atom is -0.465 e. The Labute approximate surface area is 164 Å². The quantitative estimate of drug-likeness (QED) is 0.808. The third-order valence-corrected chi connectivity index (χ3v) is 5.66. The predicted octanol–water partition coefficient (Wildman–Crippen LogP) is 1.32. The molecule has 9 nitrogen and oxygen atoms in total. The lowest BCUT2D eigenvalue weighted by atomic mass is 9.85. The summed E-state index contributed by atoms with van der Waals surface area (Å²) in [6, 6.07) is -0.713. The van der Waals surface area contributed by atoms with Gasteiger partial charge in [0.25, 0.3) is 5.91 Å². The normalized spacial score (nSPS) is 19.4. The molecule has 0 unspecified atom stereocenters. The van der Waals surface area contributed by atoms with Crippen LogP contribution in [0.5, 0.6) is 0 Å². The van der Waals surface area contributed by atoms with Crippen molar-refractivity contribution in [2.75, 3.05) is 19.6 Å². The molecule has 3 amide bonds. The number of imidazole rings is 1. The molecule has 2 aliphatic heterocycles. The number of hydrogen-bond donors (Lipinski definition) is 2. The molecule has 9 heteroatoms. The lowest BCUT2D eigenvalue weighted by Crippen LogP contribution is -2.58. The van der Waals surface area contributed by atoms with Crippen LogP contribution in [-0.2, 0) is 11.3 Å². The van der Waals surface area contributed by atoms with E-state index in [0.717, 1.165) is 12.2 Å². The fourth-order valence-corrected chi connectivity index (χ4v) is 4.08. The predicted molar refractivity (Wildman–Crippen MR) is 102 cm³/mol. The van der Waals surface area contributed by atoms with Crippen LogP contribution in [0.15, 0.2) is 6.33 Å². The third kappa shape index (κ3) is 3.83. The van der Waals surface area contributed by atoms with Crippen molar-refractivity contribution in [2.45, 2.75) is 59.2 Å². The number of aryl methyl sites for hydroxylation is 1. The Hall–Kier alpha value is -2.58. The molecule has 0 aliphatic carbocycles. The van der Waals surface area contributed by atoms with Crippen molar-refractivity contribution >= 4 is 17.9 Å². The van der Waals surface area contributed by atoms with Crippen molar-refractivity contribution < 1.29 is 19.5 Å². The first-order valence-corrected chi connectivity index (χ1v) is 9.70. The van der Waals surface area contributed by atoms with Crippen LogP contribution in [0.1, 0.15) is 49.8 Å². The van der Waals surface area contributed by atoms with Crippen molar-refractivity contribution in [3.05, 3.63) is 17.7 Å². The van der Waals surface area contributed by atoms with Gasteiger partial charge >= 0.3 is 6.09 Å². The minimum atomic E-state index is -1.20. The molecule has 0 aromatic carbocycles. The molecule has 154 valence electrons. The second-order valence-corrected chi connectivity index (χ2v) is 8.68. The molecule has 1 saturated heterocycles. The molecule has 3 rings (SSSR count). The maximum absolute atomic E-state index is 12.9. The number of nitrogens with zero attached hydrogens (tertiary/aromatic N) is 4. The van der Waals surface area contributed by atoms with E-state index in [1.807, 2.05) is 37.2 Å². The van der Waals surface area contributed by atoms with Gasteiger partial charge < -0.3 is 24.8 Å². The summed E-state index contributed by atoms with van der Waals surface area (Å²) in [5.74, 6) is -0.196. The molecule has 1 fully saturated rings. The van der Waals surface area contributed by atoms with Gasteiger partial charge in [-0.25, -0.2) is 9.78 Å². The van der Waals surface area contributed by atoms with Gasteiger partial charge in [0.1, 0.15) is 11.7 Å². The molecule has 0 radical (unpaired) electrons. The summed E-state index contributed by atoms with van der Waals surface area (Å²) >= 11 is 0. The first-order valence-electron chi connectivity index (χ1n) is 9.70. The largest absolute Gasteiger partial charge is 0.465 e. The summed E-state index contributed by atoms with van der Waals surface area (Å²) in [5, 5.41) is 11.5. The number of hydrogen-bond acceptors (Lipinski definition) is 4. The summed E-state index contributed by atoms with van der Waals surface area (Å²) < 4.78 is 1.90. The average molecular weight is 391 g/mol. The molecule has 2 aliphatic rings. The summed E-state index contributed by atoms with van der Waals surface area (Å²) in [4.78, 5) is 44.8. The fraction of sp³-hybridized carbons (Fsp3) is 0.684. The Morgan fingerprint density at radius 3 is 2.43 bits per heavy atom. The first-order chi connectivity index (χ1) is 13.1. The number of amides is 3. The highest BCUT2D eigenvalue weighted by Gasteiger charge is 2.39. The molecule has 1 aromatic rings. The van der Waals surface area contributed by atoms with Gasteiger partial charge in [-0.15, -0.1) is 0 Å². The van der Waals surface area contributed by atoms with Gasteiger partial charge in [-0.3, -0.25) is 9.59 Å². The number of nitrogens with one attached hydrogen (secondary N) is 1. The summed E-state index contributed by atoms with van der Waals surface area (Å²) in [6.07, 6.45) is 1.89. The molecule has 1 aromatic heterocycles. The summed E-state index contributed by atoms with van der Waals surface area (Å²) in [5.41, 5.74) is 0.878. The number of carboxylic acid groups (broad SMARTS) is 1. The van der Waals surface area contributed by atoms with E-state index in [1.54, 1.807) is 11.2 Å². The van der Waals surface area contributed by atoms with Crippen LogP contribution < -0.4 is 5.32 Å². The van der Waals surface area contributed by atoms with E-state index in [4.69, 9.17) is 5.11 Å². The topological polar surface area (TPSA) is 108 Å². The van der Waals surface area contributed by atoms with Crippen molar-refractivity contribution in [3.63, 3.8) is 0 Å². The highest BCUT2D eigenvalue weighted by Crippen LogP contribution is 2.26. The first kappa shape index (κ1) is 20.2. The van der Waals surface area contributed by atoms with Crippen molar-refractivity contribution in [1.82, 2.24) is 24.7 Å². The van der Waals surface area contributed by atoms with Crippen LogP contribution in [-0.4, -0.2) is 74.1 Å². The lowest BCUT2D eigenvalue weighted by molar-refractivity contribution is -0.137. The van der Waals surface area contributed by atoms with Gasteiger partial charge in [-0.05, 0) is 25.2 Å². The van der Waals surface area contributed by atoms with E-state index in [0.29, 0.717) is 38.2 Å². The highest BCUT2D eigenvalue weighted by atomic mass is 16.4. The zero-order chi connectivity index (χ0) is 20.6. The summed E-state index contributed by atoms with van der Waals surface area (Å²) in [6.45, 7) is 9.78. The molecular weight excluding hydrogens is 362 g/mol. The van der Waals surface area contributed by atoms with Gasteiger partial charge in [-0.1, -0.05) is 20.8 Å². The van der Waals surface area contributed by atoms with E-state index in [1.165, 1.54) is 0 Å². The average Bonchev–Trinajstić information content (AvgIpc) is 3.00. The molecule has 0 saturated carbocycles. The number of likely N-dealkylation sites (tertiary alicyclic amines) is 1. The minimum absolute atomic E-state index is 0.00568. The van der Waals surface area contributed by atoms with Gasteiger partial charge in [0.15, 0.2) is 0 Å². The van der Waals surface area contributed by atoms with Gasteiger partial charge in [-0.2, -0.15) is 0 Å². The van der Waals surface area contributed by atoms with Crippen molar-refractivity contribution in [3.8, 4) is 0 Å². The van der Waals surface area contributed by atoms with Gasteiger partial charge in [0.05, 0.1) is 12.0 Å². The number of aromatic nitrogens is 2. The zero-order valence-electron chi connectivity index (χ0n) is 16.9. The SMILES string of the molecule is Cc1ncn2c1C(=O)N(C1CCN(C(=O)[C@H](NC(=O)O)C(C)(C)C)CC1)CC2. The molecule has 28 heavy (non-hydrogen) atoms. The third-order valence-electron chi connectivity index (χ3n) is 5.66. The zero-order valence-corrected chi connectivity index (χ0v) is 16.9. The Bertz CT molecular complexity index is 774. The van der Waals surface area contributed by atoms with Gasteiger partial charge in [0.2, 0.25) is 5.91 Å². The van der Waals surface area contributed by atoms with Crippen molar-refractivity contribution in [2.24, 2.45) is 5.41 Å². The standard InChI is InChI=1S/C19H29N5O4/c1-12-14-16(25)24(10-9-23(14)11-20-12)13-5-7-22(8-6-13)17(26)15(19(2,3)4)21-18(27)28/h11,13,15,21H,5-10H2,1-4H3,(H,27,28)/t15-/m0/s1. The summed E-state index contributed by atoms with van der Waals surface area (Å²) in [7, 11) is 0. The van der Waals surface area contributed by atoms with Crippen LogP contribution in [0.3, 0.4) is 0 Å². The molecular formula is C19H29N5O4. The number of fused-ring (bicyclic) bond motifs is 1. The molecule has 1 atom stereocenters. The lowest BCUT2D eigenvalue weighted by Gasteiger charge is -2.42. The maximum atomic E-state index is 12.9. The number of carbonyl (C=O) groups excluding carboxylic acids is 2. The van der Waals surface area contributed by atoms with Crippen LogP contribution in [0.4, 0.5) is 4.79 Å². The Balaban J connectivity index is 1.64. The molecule has 0 spiro atoms. The van der Waals surface area contributed by atoms with Gasteiger partial charge in [0, 0.05) is 32.2 Å². The Morgan fingerprint density at radius 1 is 1.21 bits per heavy atom. The second-order valence-electron chi connectivity index (χ2n) is 8.68. The Kier molecular flexibility index (Phi) is 5.36. The van der Waals surface area contributed by atoms with Crippen LogP contribution in [0.25, 0.3) is 0 Å². The number of carbonyl (C=O) groups is 3. The molecule has 2 N–H and O–H groups in total. The van der Waals surface area contributed by atoms with E-state index < -0.39 is 17.6 Å². The maximum Gasteiger partial charge on any atom is 0.405 e. The van der Waals surface area contributed by atoms with Crippen LogP contribution >= 0.6 is 0 Å². The van der Waals surface area contributed by atoms with Crippen LogP contribution in [0.2, 0.25) is 0 Å². The van der Waals surface area contributed by atoms with E-state index in [9.17, 15) is 14.4 Å². The fourth-order valence-electron chi connectivity index (χ4n) is 4.08. The van der Waals surface area contributed by atoms with Crippen LogP contribution in [0, 0.1) is 12.3 Å². The van der Waals surface area contributed by atoms with Crippen molar-refractivity contribution in [1.29, 1.82) is 0 Å². The molecule has 0 bridgehead atoms. The highest BCUT2D eigenvalue weighted by molar-refractivity contribution is 5.94. The number of rotatable bonds is 3. The molecule has 3 heterocycles. The van der Waals surface area contributed by atoms with E-state index in [2.05, 4.69) is 10.3 Å². The Morgan fingerprint density at radius 2 is 1.86 bits per heavy atom. The monoisotopic (exact) mass is 391 g/mol. The second kappa shape index (κ2) is 7.44. The smallest absolute Gasteiger partial charge is 0.405 e. The van der Waals surface area contributed by atoms with E-state index >= 15 is 0 Å². The van der Waals surface area contributed by atoms with E-state index in [-0.39, 0.29) is 17.9 Å².